The van der Waals surface area contributed by atoms with Crippen LogP contribution in [0.3, 0.4) is 0 Å². The molecule has 1 fully saturated rings. The van der Waals surface area contributed by atoms with Crippen molar-refractivity contribution in [1.82, 2.24) is 0 Å². The van der Waals surface area contributed by atoms with Gasteiger partial charge >= 0.3 is 0 Å². The molecule has 2 N–H and O–H groups in total. The average molecular weight is 367 g/mol. The van der Waals surface area contributed by atoms with Crippen molar-refractivity contribution in [3.05, 3.63) is 41.3 Å². The van der Waals surface area contributed by atoms with Gasteiger partial charge in [-0.25, -0.2) is 8.42 Å². The summed E-state index contributed by atoms with van der Waals surface area (Å²) in [6.07, 6.45) is 3.32. The van der Waals surface area contributed by atoms with E-state index in [4.69, 9.17) is 4.74 Å². The third kappa shape index (κ3) is 4.28. The molecule has 0 bridgehead atoms. The molecule has 0 spiro atoms. The monoisotopic (exact) mass is 366 g/mol. The maximum absolute atomic E-state index is 12.4. The molecule has 1 aromatic carbocycles. The molecule has 0 saturated carbocycles. The van der Waals surface area contributed by atoms with Crippen LogP contribution >= 0.6 is 11.3 Å². The van der Waals surface area contributed by atoms with Gasteiger partial charge in [-0.15, -0.1) is 11.3 Å². The van der Waals surface area contributed by atoms with Crippen molar-refractivity contribution >= 4 is 32.7 Å². The minimum absolute atomic E-state index is 0.273. The summed E-state index contributed by atoms with van der Waals surface area (Å²) in [5.74, 6) is 0. The lowest BCUT2D eigenvalue weighted by Gasteiger charge is -2.12. The normalized spacial score (nSPS) is 17.8. The number of thiophene rings is 1. The van der Waals surface area contributed by atoms with Gasteiger partial charge in [-0.05, 0) is 55.7 Å². The van der Waals surface area contributed by atoms with E-state index in [0.29, 0.717) is 9.90 Å². The molecule has 7 heteroatoms. The van der Waals surface area contributed by atoms with Gasteiger partial charge in [0.1, 0.15) is 4.21 Å². The van der Waals surface area contributed by atoms with Crippen molar-refractivity contribution in [2.75, 3.05) is 23.2 Å². The molecule has 1 unspecified atom stereocenters. The highest BCUT2D eigenvalue weighted by atomic mass is 32.2. The zero-order chi connectivity index (χ0) is 17.0. The maximum atomic E-state index is 12.4. The van der Waals surface area contributed by atoms with Gasteiger partial charge in [0.25, 0.3) is 10.0 Å². The van der Waals surface area contributed by atoms with Crippen LogP contribution < -0.4 is 10.0 Å². The van der Waals surface area contributed by atoms with E-state index in [-0.39, 0.29) is 6.10 Å². The first-order chi connectivity index (χ1) is 11.6. The Balaban J connectivity index is 1.60. The molecule has 1 aromatic heterocycles. The summed E-state index contributed by atoms with van der Waals surface area (Å²) in [6.45, 7) is 3.63. The highest BCUT2D eigenvalue weighted by Crippen LogP contribution is 2.25. The smallest absolute Gasteiger partial charge is 0.271 e. The van der Waals surface area contributed by atoms with Gasteiger partial charge in [-0.1, -0.05) is 6.92 Å². The van der Waals surface area contributed by atoms with E-state index >= 15 is 0 Å². The predicted octanol–water partition coefficient (Wildman–Crippen LogP) is 3.70. The number of nitrogens with one attached hydrogen (secondary N) is 2. The lowest BCUT2D eigenvalue weighted by atomic mass is 10.2. The second-order valence-corrected chi connectivity index (χ2v) is 8.85. The summed E-state index contributed by atoms with van der Waals surface area (Å²) >= 11 is 1.31. The fourth-order valence-corrected chi connectivity index (χ4v) is 4.95. The van der Waals surface area contributed by atoms with Crippen LogP contribution in [-0.2, 0) is 21.2 Å². The number of benzene rings is 1. The first-order valence-corrected chi connectivity index (χ1v) is 10.4. The Kier molecular flexibility index (Phi) is 5.43. The summed E-state index contributed by atoms with van der Waals surface area (Å²) in [7, 11) is -3.51. The molecule has 5 nitrogen and oxygen atoms in total. The van der Waals surface area contributed by atoms with Crippen LogP contribution in [0.2, 0.25) is 0 Å². The van der Waals surface area contributed by atoms with Gasteiger partial charge in [0.15, 0.2) is 0 Å². The molecule has 1 atom stereocenters. The van der Waals surface area contributed by atoms with Crippen LogP contribution in [0.4, 0.5) is 11.4 Å². The quantitative estimate of drug-likeness (QED) is 0.784. The fraction of sp³-hybridized carbons (Fsp3) is 0.412. The second-order valence-electron chi connectivity index (χ2n) is 5.77. The molecular weight excluding hydrogens is 344 g/mol. The van der Waals surface area contributed by atoms with Gasteiger partial charge in [0.05, 0.1) is 6.10 Å². The van der Waals surface area contributed by atoms with Crippen molar-refractivity contribution in [1.29, 1.82) is 0 Å². The molecule has 1 aliphatic heterocycles. The van der Waals surface area contributed by atoms with E-state index in [2.05, 4.69) is 10.0 Å². The van der Waals surface area contributed by atoms with E-state index in [1.54, 1.807) is 18.2 Å². The van der Waals surface area contributed by atoms with Crippen molar-refractivity contribution in [2.24, 2.45) is 0 Å². The van der Waals surface area contributed by atoms with Gasteiger partial charge < -0.3 is 10.1 Å². The van der Waals surface area contributed by atoms with Gasteiger partial charge in [0.2, 0.25) is 0 Å². The molecule has 0 amide bonds. The van der Waals surface area contributed by atoms with Crippen LogP contribution in [-0.4, -0.2) is 27.7 Å². The first-order valence-electron chi connectivity index (χ1n) is 8.14. The van der Waals surface area contributed by atoms with Crippen LogP contribution in [0.5, 0.6) is 0 Å². The number of anilines is 2. The molecule has 3 rings (SSSR count). The van der Waals surface area contributed by atoms with Gasteiger partial charge in [-0.2, -0.15) is 0 Å². The lowest BCUT2D eigenvalue weighted by Crippen LogP contribution is -2.18. The molecule has 2 aromatic rings. The summed E-state index contributed by atoms with van der Waals surface area (Å²) in [6, 6.07) is 10.8. The average Bonchev–Trinajstić information content (AvgIpc) is 3.25. The second kappa shape index (κ2) is 7.55. The summed E-state index contributed by atoms with van der Waals surface area (Å²) in [4.78, 5) is 1.06. The van der Waals surface area contributed by atoms with Crippen molar-refractivity contribution in [3.8, 4) is 0 Å². The lowest BCUT2D eigenvalue weighted by molar-refractivity contribution is 0.120. The molecular formula is C17H22N2O3S2. The molecule has 24 heavy (non-hydrogen) atoms. The number of aryl methyl sites for hydroxylation is 1. The Labute approximate surface area is 147 Å². The maximum Gasteiger partial charge on any atom is 0.271 e. The summed E-state index contributed by atoms with van der Waals surface area (Å²) in [5, 5.41) is 3.32. The Morgan fingerprint density at radius 3 is 2.54 bits per heavy atom. The SMILES string of the molecule is CCc1ccc(S(=O)(=O)Nc2ccc(NCC3CCCO3)cc2)s1. The molecule has 0 aliphatic carbocycles. The standard InChI is InChI=1S/C17H22N2O3S2/c1-2-16-9-10-17(23-16)24(20,21)19-14-7-5-13(6-8-14)18-12-15-4-3-11-22-15/h5-10,15,18-19H,2-4,11-12H2,1H3. The zero-order valence-electron chi connectivity index (χ0n) is 13.6. The largest absolute Gasteiger partial charge is 0.382 e. The Morgan fingerprint density at radius 1 is 1.17 bits per heavy atom. The van der Waals surface area contributed by atoms with E-state index in [1.165, 1.54) is 11.3 Å². The Hall–Kier alpha value is -1.57. The van der Waals surface area contributed by atoms with E-state index in [9.17, 15) is 8.42 Å². The topological polar surface area (TPSA) is 67.4 Å². The summed E-state index contributed by atoms with van der Waals surface area (Å²) in [5.41, 5.74) is 1.52. The van der Waals surface area contributed by atoms with E-state index in [1.807, 2.05) is 25.1 Å². The molecule has 130 valence electrons. The van der Waals surface area contributed by atoms with Crippen molar-refractivity contribution < 1.29 is 13.2 Å². The van der Waals surface area contributed by atoms with Crippen LogP contribution in [0.25, 0.3) is 0 Å². The van der Waals surface area contributed by atoms with Crippen LogP contribution in [0.1, 0.15) is 24.6 Å². The highest BCUT2D eigenvalue weighted by Gasteiger charge is 2.17. The molecule has 1 aliphatic rings. The molecule has 1 saturated heterocycles. The zero-order valence-corrected chi connectivity index (χ0v) is 15.3. The fourth-order valence-electron chi connectivity index (χ4n) is 2.59. The number of ether oxygens (including phenoxy) is 1. The van der Waals surface area contributed by atoms with Crippen LogP contribution in [0.15, 0.2) is 40.6 Å². The van der Waals surface area contributed by atoms with E-state index < -0.39 is 10.0 Å². The summed E-state index contributed by atoms with van der Waals surface area (Å²) < 4.78 is 33.3. The Morgan fingerprint density at radius 2 is 1.92 bits per heavy atom. The van der Waals surface area contributed by atoms with Crippen molar-refractivity contribution in [2.45, 2.75) is 36.5 Å². The van der Waals surface area contributed by atoms with Crippen molar-refractivity contribution in [3.63, 3.8) is 0 Å². The van der Waals surface area contributed by atoms with Crippen LogP contribution in [0, 0.1) is 0 Å². The first kappa shape index (κ1) is 17.3. The minimum atomic E-state index is -3.51. The highest BCUT2D eigenvalue weighted by molar-refractivity contribution is 7.94. The third-order valence-corrected chi connectivity index (χ3v) is 7.05. The Bertz CT molecular complexity index is 763. The van der Waals surface area contributed by atoms with Gasteiger partial charge in [0, 0.05) is 29.4 Å². The number of sulfonamides is 1. The minimum Gasteiger partial charge on any atom is -0.382 e. The van der Waals surface area contributed by atoms with Gasteiger partial charge in [-0.3, -0.25) is 4.72 Å². The molecule has 2 heterocycles. The molecule has 0 radical (unpaired) electrons. The number of hydrogen-bond acceptors (Lipinski definition) is 5. The number of rotatable bonds is 7. The van der Waals surface area contributed by atoms with E-state index in [0.717, 1.165) is 43.0 Å². The predicted molar refractivity (Wildman–Crippen MR) is 98.4 cm³/mol. The third-order valence-electron chi connectivity index (χ3n) is 3.95. The number of hydrogen-bond donors (Lipinski definition) is 2.